The van der Waals surface area contributed by atoms with E-state index in [9.17, 15) is 0 Å². The molecule has 0 aromatic heterocycles. The maximum absolute atomic E-state index is 4.60. The number of hydrogen-bond acceptors (Lipinski definition) is 1. The highest BCUT2D eigenvalue weighted by Gasteiger charge is 2.21. The molecule has 0 rings (SSSR count). The molecule has 0 bridgehead atoms. The van der Waals surface area contributed by atoms with Crippen molar-refractivity contribution in [1.82, 2.24) is 4.90 Å². The van der Waals surface area contributed by atoms with Crippen molar-refractivity contribution in [1.29, 1.82) is 0 Å². The summed E-state index contributed by atoms with van der Waals surface area (Å²) >= 11 is 0. The largest absolute Gasteiger partial charge is 0.310 e. The highest BCUT2D eigenvalue weighted by molar-refractivity contribution is 5.66. The molecule has 0 amide bonds. The van der Waals surface area contributed by atoms with Gasteiger partial charge in [-0.25, -0.2) is 0 Å². The topological polar surface area (TPSA) is 3.24 Å². The van der Waals surface area contributed by atoms with Crippen molar-refractivity contribution in [2.24, 2.45) is 0 Å². The van der Waals surface area contributed by atoms with Crippen molar-refractivity contribution in [3.63, 3.8) is 0 Å². The molecule has 0 heterocycles. The van der Waals surface area contributed by atoms with Crippen molar-refractivity contribution in [2.75, 3.05) is 0 Å². The zero-order valence-corrected chi connectivity index (χ0v) is 29.6. The molecule has 0 spiro atoms. The van der Waals surface area contributed by atoms with E-state index in [1.165, 1.54) is 0 Å². The smallest absolute Gasteiger partial charge is 0.0546 e. The van der Waals surface area contributed by atoms with E-state index in [0.29, 0.717) is 0 Å². The second-order valence-corrected chi connectivity index (χ2v) is 9.77. The number of allylic oxidation sites excluding steroid dienone is 33. The Kier molecular flexibility index (Phi) is 23.6. The Morgan fingerprint density at radius 1 is 0.449 bits per heavy atom. The molecule has 49 heavy (non-hydrogen) atoms. The third-order valence-corrected chi connectivity index (χ3v) is 6.43. The summed E-state index contributed by atoms with van der Waals surface area (Å²) in [5.74, 6) is 0. The molecule has 0 fully saturated rings. The minimum Gasteiger partial charge on any atom is -0.310 e. The first-order valence-electron chi connectivity index (χ1n) is 15.9. The lowest BCUT2D eigenvalue weighted by atomic mass is 9.89. The van der Waals surface area contributed by atoms with Crippen LogP contribution in [0.3, 0.4) is 0 Å². The van der Waals surface area contributed by atoms with E-state index < -0.39 is 0 Å². The maximum Gasteiger partial charge on any atom is 0.0546 e. The van der Waals surface area contributed by atoms with Crippen LogP contribution in [0.4, 0.5) is 0 Å². The zero-order chi connectivity index (χ0) is 36.9. The van der Waals surface area contributed by atoms with E-state index in [1.54, 1.807) is 48.6 Å². The van der Waals surface area contributed by atoms with Gasteiger partial charge in [-0.1, -0.05) is 199 Å². The van der Waals surface area contributed by atoms with Crippen LogP contribution in [0.15, 0.2) is 280 Å². The lowest BCUT2D eigenvalue weighted by Crippen LogP contribution is -2.22. The van der Waals surface area contributed by atoms with Crippen LogP contribution in [-0.4, -0.2) is 4.90 Å². The first kappa shape index (κ1) is 42.8. The molecule has 0 radical (unpaired) electrons. The minimum absolute atomic E-state index is 0.734. The molecule has 0 aromatic carbocycles. The number of nitrogens with zero attached hydrogens (tertiary/aromatic N) is 1. The molecular weight excluding hydrogens is 591 g/mol. The molecule has 1 nitrogen and oxygen atoms in total. The molecule has 0 N–H and O–H groups in total. The molecule has 0 aliphatic heterocycles. The lowest BCUT2D eigenvalue weighted by Gasteiger charge is -2.31. The van der Waals surface area contributed by atoms with E-state index in [1.807, 2.05) is 123 Å². The summed E-state index contributed by atoms with van der Waals surface area (Å²) in [7, 11) is 0. The second-order valence-electron chi connectivity index (χ2n) is 9.77. The van der Waals surface area contributed by atoms with E-state index in [4.69, 9.17) is 0 Å². The average molecular weight is 644 g/mol. The van der Waals surface area contributed by atoms with E-state index in [0.717, 1.165) is 50.5 Å². The van der Waals surface area contributed by atoms with Crippen molar-refractivity contribution in [3.05, 3.63) is 280 Å². The third-order valence-electron chi connectivity index (χ3n) is 6.43. The predicted octanol–water partition coefficient (Wildman–Crippen LogP) is 13.6. The highest BCUT2D eigenvalue weighted by atomic mass is 15.2. The first-order valence-corrected chi connectivity index (χ1v) is 15.9. The van der Waals surface area contributed by atoms with Gasteiger partial charge in [0.15, 0.2) is 0 Å². The third kappa shape index (κ3) is 14.9. The van der Waals surface area contributed by atoms with Gasteiger partial charge >= 0.3 is 0 Å². The van der Waals surface area contributed by atoms with Crippen LogP contribution in [-0.2, 0) is 0 Å². The summed E-state index contributed by atoms with van der Waals surface area (Å²) < 4.78 is 0. The normalized spacial score (nSPS) is 14.5. The van der Waals surface area contributed by atoms with E-state index in [2.05, 4.69) is 76.8 Å². The molecular formula is C48H53N. The van der Waals surface area contributed by atoms with Crippen LogP contribution in [0.25, 0.3) is 0 Å². The minimum atomic E-state index is 0.734. The molecule has 0 aliphatic rings. The van der Waals surface area contributed by atoms with Crippen molar-refractivity contribution in [3.8, 4) is 0 Å². The Balaban J connectivity index is 9.42. The molecule has 0 aromatic rings. The van der Waals surface area contributed by atoms with E-state index >= 15 is 0 Å². The van der Waals surface area contributed by atoms with Crippen LogP contribution in [0, 0.1) is 0 Å². The fourth-order valence-electron chi connectivity index (χ4n) is 4.38. The lowest BCUT2D eigenvalue weighted by molar-refractivity contribution is 0.573. The summed E-state index contributed by atoms with van der Waals surface area (Å²) in [4.78, 5) is 2.14. The van der Waals surface area contributed by atoms with Gasteiger partial charge in [-0.15, -0.1) is 0 Å². The standard InChI is InChI=1S/C48H53N/c1-13-24-34-41(29-18-6)40(12)47(43(31-20-8)36-26-15-3)39-48(46(23-11)42(30-19-7)35-25-14-2)49(44(32-21-9)37-27-16-4)45(33-22-10)38-28-17-5/h13-39H,1-4,6-9,11-12H2,5,10H3/b28-17-,33-22-,34-24-,35-25-,36-26-,37-27-,41-29+,42-30+,43-31+,44-32+,45-38+,47-39+,48-46-. The molecule has 1 heteroatoms. The fraction of sp³-hybridized carbons (Fsp3) is 0.0417. The van der Waals surface area contributed by atoms with Crippen LogP contribution in [0.1, 0.15) is 13.8 Å². The monoisotopic (exact) mass is 643 g/mol. The van der Waals surface area contributed by atoms with Crippen LogP contribution in [0.5, 0.6) is 0 Å². The summed E-state index contributed by atoms with van der Waals surface area (Å²) in [5, 5.41) is 0. The van der Waals surface area contributed by atoms with Gasteiger partial charge in [0, 0.05) is 17.0 Å². The summed E-state index contributed by atoms with van der Waals surface area (Å²) in [6.07, 6.45) is 51.1. The van der Waals surface area contributed by atoms with Gasteiger partial charge in [-0.05, 0) is 72.1 Å². The molecule has 250 valence electrons. The fourth-order valence-corrected chi connectivity index (χ4v) is 4.38. The first-order chi connectivity index (χ1) is 23.8. The van der Waals surface area contributed by atoms with Crippen molar-refractivity contribution >= 4 is 0 Å². The predicted molar refractivity (Wildman–Crippen MR) is 224 cm³/mol. The van der Waals surface area contributed by atoms with Crippen LogP contribution < -0.4 is 0 Å². The quantitative estimate of drug-likeness (QED) is 0.100. The van der Waals surface area contributed by atoms with Gasteiger partial charge in [-0.3, -0.25) is 0 Å². The second kappa shape index (κ2) is 27.0. The number of hydrogen-bond donors (Lipinski definition) is 0. The van der Waals surface area contributed by atoms with Gasteiger partial charge in [0.25, 0.3) is 0 Å². The molecule has 0 saturated carbocycles. The molecule has 0 saturated heterocycles. The van der Waals surface area contributed by atoms with Crippen LogP contribution >= 0.6 is 0 Å². The van der Waals surface area contributed by atoms with Crippen molar-refractivity contribution in [2.45, 2.75) is 13.8 Å². The Labute approximate surface area is 298 Å². The summed E-state index contributed by atoms with van der Waals surface area (Å²) in [6, 6.07) is 0. The molecule has 0 aliphatic carbocycles. The van der Waals surface area contributed by atoms with Gasteiger partial charge in [0.05, 0.1) is 5.70 Å². The summed E-state index contributed by atoms with van der Waals surface area (Å²) in [6.45, 7) is 44.5. The molecule has 0 atom stereocenters. The van der Waals surface area contributed by atoms with Gasteiger partial charge in [0.2, 0.25) is 0 Å². The van der Waals surface area contributed by atoms with Gasteiger partial charge < -0.3 is 4.90 Å². The van der Waals surface area contributed by atoms with Crippen molar-refractivity contribution < 1.29 is 0 Å². The Hall–Kier alpha value is -6.18. The average Bonchev–Trinajstić information content (AvgIpc) is 3.10. The van der Waals surface area contributed by atoms with Crippen LogP contribution in [0.2, 0.25) is 0 Å². The Morgan fingerprint density at radius 2 is 0.918 bits per heavy atom. The van der Waals surface area contributed by atoms with Gasteiger partial charge in [-0.2, -0.15) is 0 Å². The van der Waals surface area contributed by atoms with Gasteiger partial charge in [0.1, 0.15) is 0 Å². The van der Waals surface area contributed by atoms with E-state index in [-0.39, 0.29) is 0 Å². The summed E-state index contributed by atoms with van der Waals surface area (Å²) in [5.41, 5.74) is 7.35. The zero-order valence-electron chi connectivity index (χ0n) is 29.6. The maximum atomic E-state index is 4.60. The number of rotatable bonds is 23. The highest BCUT2D eigenvalue weighted by Crippen LogP contribution is 2.35. The molecule has 0 unspecified atom stereocenters. The Morgan fingerprint density at radius 3 is 1.41 bits per heavy atom. The SMILES string of the molecule is C=C/C=C\C(=C/C=C)C(=C)C(=C\C(=C(C=C)\C(\C=C/C=C)=C\C=C)N(C(/C=C\C=C)=C/C=C)C(/C=C\C)=C/C=C\C)/C(/C=C\C=C)=C/C=C. The Bertz CT molecular complexity index is 1660.